The summed E-state index contributed by atoms with van der Waals surface area (Å²) in [6.07, 6.45) is -1.04. The van der Waals surface area contributed by atoms with Crippen LogP contribution < -0.4 is 4.90 Å². The molecule has 1 aromatic rings. The maximum Gasteiger partial charge on any atom is 0.414 e. The Hall–Kier alpha value is -1.36. The number of fused-ring (bicyclic) bond motifs is 1. The first-order valence-corrected chi connectivity index (χ1v) is 7.57. The quantitative estimate of drug-likeness (QED) is 0.652. The molecule has 0 spiro atoms. The molecule has 0 saturated heterocycles. The zero-order chi connectivity index (χ0) is 16.7. The minimum absolute atomic E-state index is 0.0963. The Morgan fingerprint density at radius 3 is 2.64 bits per heavy atom. The van der Waals surface area contributed by atoms with Gasteiger partial charge in [0, 0.05) is 23.9 Å². The molecule has 0 unspecified atom stereocenters. The van der Waals surface area contributed by atoms with Gasteiger partial charge in [-0.3, -0.25) is 4.90 Å². The number of carbonyl (C=O) groups excluding carboxylic acids is 1. The Bertz CT molecular complexity index is 584. The Balaban J connectivity index is 2.46. The predicted octanol–water partition coefficient (Wildman–Crippen LogP) is 5.22. The highest BCUT2D eigenvalue weighted by molar-refractivity contribution is 6.30. The summed E-state index contributed by atoms with van der Waals surface area (Å²) in [6.45, 7) is 6.57. The van der Waals surface area contributed by atoms with Crippen molar-refractivity contribution in [3.63, 3.8) is 0 Å². The number of ether oxygens (including phenoxy) is 1. The highest BCUT2D eigenvalue weighted by Crippen LogP contribution is 2.44. The van der Waals surface area contributed by atoms with Crippen LogP contribution in [0.5, 0.6) is 0 Å². The van der Waals surface area contributed by atoms with Crippen molar-refractivity contribution in [3.8, 4) is 0 Å². The Kier molecular flexibility index (Phi) is 4.39. The summed E-state index contributed by atoms with van der Waals surface area (Å²) in [5, 5.41) is 0.368. The van der Waals surface area contributed by atoms with E-state index in [1.165, 1.54) is 17.9 Å². The van der Waals surface area contributed by atoms with Crippen LogP contribution in [0, 0.1) is 0 Å². The topological polar surface area (TPSA) is 29.5 Å². The van der Waals surface area contributed by atoms with Crippen molar-refractivity contribution in [1.82, 2.24) is 0 Å². The maximum atomic E-state index is 14.2. The zero-order valence-corrected chi connectivity index (χ0v) is 13.9. The second kappa shape index (κ2) is 5.69. The van der Waals surface area contributed by atoms with Crippen LogP contribution in [0.3, 0.4) is 0 Å². The van der Waals surface area contributed by atoms with Crippen molar-refractivity contribution >= 4 is 23.4 Å². The maximum absolute atomic E-state index is 14.2. The zero-order valence-electron chi connectivity index (χ0n) is 13.1. The lowest BCUT2D eigenvalue weighted by atomic mass is 9.93. The molecule has 122 valence electrons. The summed E-state index contributed by atoms with van der Waals surface area (Å²) in [7, 11) is 0. The lowest BCUT2D eigenvalue weighted by Gasteiger charge is -2.27. The standard InChI is InChI=1S/C16H20ClF2NO2/c1-10-12-9-11(17)5-6-13(12)20(8-7-16(10,18)19)14(21)22-15(2,3)4/h5-6,9-10H,7-8H2,1-4H3/t10-/m1/s1. The molecule has 1 atom stereocenters. The van der Waals surface area contributed by atoms with E-state index in [4.69, 9.17) is 16.3 Å². The van der Waals surface area contributed by atoms with Crippen molar-refractivity contribution in [3.05, 3.63) is 28.8 Å². The van der Waals surface area contributed by atoms with Crippen LogP contribution in [0.4, 0.5) is 19.3 Å². The van der Waals surface area contributed by atoms with Gasteiger partial charge in [0.25, 0.3) is 5.92 Å². The van der Waals surface area contributed by atoms with E-state index in [2.05, 4.69) is 0 Å². The molecule has 1 aromatic carbocycles. The van der Waals surface area contributed by atoms with Crippen molar-refractivity contribution in [2.75, 3.05) is 11.4 Å². The van der Waals surface area contributed by atoms with Crippen molar-refractivity contribution in [2.24, 2.45) is 0 Å². The summed E-state index contributed by atoms with van der Waals surface area (Å²) in [6, 6.07) is 4.69. The van der Waals surface area contributed by atoms with Gasteiger partial charge in [0.05, 0.1) is 5.69 Å². The minimum atomic E-state index is -2.91. The second-order valence-electron chi connectivity index (χ2n) is 6.57. The Morgan fingerprint density at radius 2 is 2.05 bits per heavy atom. The first-order chi connectivity index (χ1) is 10.0. The van der Waals surface area contributed by atoms with Gasteiger partial charge in [-0.05, 0) is 44.5 Å². The average Bonchev–Trinajstić information content (AvgIpc) is 2.45. The first-order valence-electron chi connectivity index (χ1n) is 7.19. The van der Waals surface area contributed by atoms with Crippen LogP contribution in [-0.4, -0.2) is 24.2 Å². The van der Waals surface area contributed by atoms with Crippen molar-refractivity contribution in [1.29, 1.82) is 0 Å². The van der Waals surface area contributed by atoms with Gasteiger partial charge in [0.1, 0.15) is 5.60 Å². The number of hydrogen-bond donors (Lipinski definition) is 0. The monoisotopic (exact) mass is 331 g/mol. The van der Waals surface area contributed by atoms with Crippen molar-refractivity contribution < 1.29 is 18.3 Å². The number of hydrogen-bond acceptors (Lipinski definition) is 2. The molecule has 1 aliphatic rings. The van der Waals surface area contributed by atoms with Crippen LogP contribution in [0.2, 0.25) is 5.02 Å². The van der Waals surface area contributed by atoms with Crippen LogP contribution in [0.1, 0.15) is 45.6 Å². The van der Waals surface area contributed by atoms with Crippen LogP contribution >= 0.6 is 11.6 Å². The molecule has 22 heavy (non-hydrogen) atoms. The second-order valence-corrected chi connectivity index (χ2v) is 7.00. The minimum Gasteiger partial charge on any atom is -0.443 e. The summed E-state index contributed by atoms with van der Waals surface area (Å²) >= 11 is 5.94. The molecule has 0 radical (unpaired) electrons. The van der Waals surface area contributed by atoms with Gasteiger partial charge in [-0.15, -0.1) is 0 Å². The van der Waals surface area contributed by atoms with Crippen LogP contribution in [0.25, 0.3) is 0 Å². The Morgan fingerprint density at radius 1 is 1.41 bits per heavy atom. The van der Waals surface area contributed by atoms with E-state index in [-0.39, 0.29) is 6.54 Å². The van der Waals surface area contributed by atoms with Crippen LogP contribution in [-0.2, 0) is 4.74 Å². The predicted molar refractivity (Wildman–Crippen MR) is 83.0 cm³/mol. The van der Waals surface area contributed by atoms with E-state index >= 15 is 0 Å². The highest BCUT2D eigenvalue weighted by atomic mass is 35.5. The van der Waals surface area contributed by atoms with Gasteiger partial charge < -0.3 is 4.74 Å². The van der Waals surface area contributed by atoms with Gasteiger partial charge in [-0.25, -0.2) is 13.6 Å². The van der Waals surface area contributed by atoms with Gasteiger partial charge in [0.15, 0.2) is 0 Å². The Labute approximate surface area is 134 Å². The number of alkyl halides is 2. The fraction of sp³-hybridized carbons (Fsp3) is 0.562. The average molecular weight is 332 g/mol. The molecule has 0 N–H and O–H groups in total. The molecule has 3 nitrogen and oxygen atoms in total. The molecule has 2 rings (SSSR count). The largest absolute Gasteiger partial charge is 0.443 e. The summed E-state index contributed by atoms with van der Waals surface area (Å²) < 4.78 is 33.8. The van der Waals surface area contributed by atoms with Crippen LogP contribution in [0.15, 0.2) is 18.2 Å². The molecule has 0 bridgehead atoms. The van der Waals surface area contributed by atoms with E-state index in [0.717, 1.165) is 0 Å². The highest BCUT2D eigenvalue weighted by Gasteiger charge is 2.43. The summed E-state index contributed by atoms with van der Waals surface area (Å²) in [4.78, 5) is 13.6. The van der Waals surface area contributed by atoms with E-state index in [9.17, 15) is 13.6 Å². The first kappa shape index (κ1) is 17.0. The third-order valence-corrected chi connectivity index (χ3v) is 3.90. The van der Waals surface area contributed by atoms with Gasteiger partial charge in [0.2, 0.25) is 0 Å². The third-order valence-electron chi connectivity index (χ3n) is 3.66. The lowest BCUT2D eigenvalue weighted by molar-refractivity contribution is -0.0263. The number of benzene rings is 1. The van der Waals surface area contributed by atoms with Gasteiger partial charge in [-0.1, -0.05) is 18.5 Å². The number of nitrogens with zero attached hydrogens (tertiary/aromatic N) is 1. The van der Waals surface area contributed by atoms with Gasteiger partial charge in [-0.2, -0.15) is 0 Å². The smallest absolute Gasteiger partial charge is 0.414 e. The van der Waals surface area contributed by atoms with E-state index in [0.29, 0.717) is 16.3 Å². The number of rotatable bonds is 0. The number of amides is 1. The number of halogens is 3. The molecule has 0 saturated carbocycles. The van der Waals surface area contributed by atoms with Gasteiger partial charge >= 0.3 is 6.09 Å². The number of carbonyl (C=O) groups is 1. The third kappa shape index (κ3) is 3.51. The SMILES string of the molecule is C[C@@H]1c2cc(Cl)ccc2N(C(=O)OC(C)(C)C)CCC1(F)F. The molecule has 0 aliphatic carbocycles. The van der Waals surface area contributed by atoms with Crippen molar-refractivity contribution in [2.45, 2.75) is 51.6 Å². The fourth-order valence-electron chi connectivity index (χ4n) is 2.45. The molecule has 0 fully saturated rings. The molecule has 1 aliphatic heterocycles. The molecule has 6 heteroatoms. The molecular formula is C16H20ClF2NO2. The molecular weight excluding hydrogens is 312 g/mol. The van der Waals surface area contributed by atoms with E-state index in [1.807, 2.05) is 0 Å². The number of anilines is 1. The summed E-state index contributed by atoms with van der Waals surface area (Å²) in [5.41, 5.74) is 0.105. The van der Waals surface area contributed by atoms with E-state index < -0.39 is 30.0 Å². The summed E-state index contributed by atoms with van der Waals surface area (Å²) in [5.74, 6) is -3.93. The molecule has 1 amide bonds. The fourth-order valence-corrected chi connectivity index (χ4v) is 2.63. The van der Waals surface area contributed by atoms with E-state index in [1.54, 1.807) is 32.9 Å². The normalized spacial score (nSPS) is 21.0. The molecule has 0 aromatic heterocycles. The molecule has 1 heterocycles. The lowest BCUT2D eigenvalue weighted by Crippen LogP contribution is -2.38.